The van der Waals surface area contributed by atoms with Crippen LogP contribution in [0, 0.1) is 0 Å². The van der Waals surface area contributed by atoms with Crippen molar-refractivity contribution in [3.05, 3.63) is 76.6 Å². The fourth-order valence-electron chi connectivity index (χ4n) is 3.22. The number of benzene rings is 2. The van der Waals surface area contributed by atoms with E-state index >= 15 is 0 Å². The smallest absolute Gasteiger partial charge is 0.317 e. The van der Waals surface area contributed by atoms with Gasteiger partial charge in [0.25, 0.3) is 0 Å². The summed E-state index contributed by atoms with van der Waals surface area (Å²) in [7, 11) is 0. The Balaban J connectivity index is 1.26. The van der Waals surface area contributed by atoms with Gasteiger partial charge in [0.2, 0.25) is 5.13 Å². The Morgan fingerprint density at radius 3 is 2.45 bits per heavy atom. The average Bonchev–Trinajstić information content (AvgIpc) is 3.23. The lowest BCUT2D eigenvalue weighted by atomic mass is 10.1. The van der Waals surface area contributed by atoms with Gasteiger partial charge in [0, 0.05) is 55.7 Å². The molecule has 1 aliphatic heterocycles. The van der Waals surface area contributed by atoms with Crippen LogP contribution in [-0.2, 0) is 13.0 Å². The van der Waals surface area contributed by atoms with Gasteiger partial charge in [-0.1, -0.05) is 54.1 Å². The van der Waals surface area contributed by atoms with Crippen LogP contribution in [0.3, 0.4) is 0 Å². The second kappa shape index (κ2) is 9.24. The second-order valence-corrected chi connectivity index (χ2v) is 8.08. The Hall–Kier alpha value is -2.64. The molecule has 0 aliphatic carbocycles. The van der Waals surface area contributed by atoms with Crippen molar-refractivity contribution < 1.29 is 4.79 Å². The van der Waals surface area contributed by atoms with Crippen molar-refractivity contribution in [2.24, 2.45) is 0 Å². The van der Waals surface area contributed by atoms with Gasteiger partial charge in [-0.2, -0.15) is 4.37 Å². The molecule has 1 aliphatic rings. The summed E-state index contributed by atoms with van der Waals surface area (Å²) in [6, 6.07) is 17.7. The molecule has 2 amide bonds. The van der Waals surface area contributed by atoms with Crippen molar-refractivity contribution in [3.63, 3.8) is 0 Å². The maximum atomic E-state index is 12.4. The minimum atomic E-state index is -0.0193. The zero-order valence-corrected chi connectivity index (χ0v) is 17.5. The van der Waals surface area contributed by atoms with Crippen LogP contribution in [-0.4, -0.2) is 46.5 Å². The molecule has 4 rings (SSSR count). The molecule has 0 bridgehead atoms. The minimum absolute atomic E-state index is 0.0193. The fourth-order valence-corrected chi connectivity index (χ4v) is 4.08. The third-order valence-corrected chi connectivity index (χ3v) is 5.92. The van der Waals surface area contributed by atoms with E-state index in [1.54, 1.807) is 0 Å². The largest absolute Gasteiger partial charge is 0.343 e. The Kier molecular flexibility index (Phi) is 6.27. The van der Waals surface area contributed by atoms with Crippen LogP contribution in [0.15, 0.2) is 54.6 Å². The monoisotopic (exact) mass is 427 g/mol. The molecule has 1 aromatic heterocycles. The van der Waals surface area contributed by atoms with E-state index in [2.05, 4.69) is 19.6 Å². The number of nitrogens with one attached hydrogen (secondary N) is 1. The molecule has 8 heteroatoms. The Morgan fingerprint density at radius 1 is 1.00 bits per heavy atom. The molecule has 0 radical (unpaired) electrons. The number of anilines is 1. The van der Waals surface area contributed by atoms with Gasteiger partial charge in [-0.15, -0.1) is 0 Å². The van der Waals surface area contributed by atoms with Gasteiger partial charge >= 0.3 is 6.03 Å². The van der Waals surface area contributed by atoms with E-state index in [1.165, 1.54) is 11.5 Å². The van der Waals surface area contributed by atoms with Crippen LogP contribution in [0.4, 0.5) is 9.93 Å². The number of aromatic nitrogens is 2. The number of rotatable bonds is 5. The molecule has 1 fully saturated rings. The SMILES string of the molecule is O=C(NCc1ccccc1)N1CCN(c2nc(Cc3ccc(Cl)cc3)ns2)CC1. The number of nitrogens with zero attached hydrogens (tertiary/aromatic N) is 4. The first-order valence-electron chi connectivity index (χ1n) is 9.56. The second-order valence-electron chi connectivity index (χ2n) is 6.91. The first-order chi connectivity index (χ1) is 14.2. The minimum Gasteiger partial charge on any atom is -0.343 e. The molecular weight excluding hydrogens is 406 g/mol. The lowest BCUT2D eigenvalue weighted by Gasteiger charge is -2.34. The van der Waals surface area contributed by atoms with E-state index in [1.807, 2.05) is 59.5 Å². The topological polar surface area (TPSA) is 61.4 Å². The Morgan fingerprint density at radius 2 is 1.72 bits per heavy atom. The van der Waals surface area contributed by atoms with Gasteiger partial charge in [-0.05, 0) is 23.3 Å². The highest BCUT2D eigenvalue weighted by molar-refractivity contribution is 7.09. The van der Waals surface area contributed by atoms with E-state index in [4.69, 9.17) is 11.6 Å². The van der Waals surface area contributed by atoms with Gasteiger partial charge in [-0.3, -0.25) is 0 Å². The average molecular weight is 428 g/mol. The molecule has 6 nitrogen and oxygen atoms in total. The highest BCUT2D eigenvalue weighted by Crippen LogP contribution is 2.21. The summed E-state index contributed by atoms with van der Waals surface area (Å²) in [6.45, 7) is 3.41. The number of hydrogen-bond donors (Lipinski definition) is 1. The lowest BCUT2D eigenvalue weighted by molar-refractivity contribution is 0.194. The predicted octanol–water partition coefficient (Wildman–Crippen LogP) is 3.81. The molecule has 150 valence electrons. The predicted molar refractivity (Wildman–Crippen MR) is 117 cm³/mol. The van der Waals surface area contributed by atoms with Crippen molar-refractivity contribution in [1.29, 1.82) is 0 Å². The first kappa shape index (κ1) is 19.7. The van der Waals surface area contributed by atoms with Crippen LogP contribution in [0.1, 0.15) is 17.0 Å². The quantitative estimate of drug-likeness (QED) is 0.672. The van der Waals surface area contributed by atoms with E-state index in [-0.39, 0.29) is 6.03 Å². The van der Waals surface area contributed by atoms with E-state index in [9.17, 15) is 4.79 Å². The van der Waals surface area contributed by atoms with E-state index in [0.29, 0.717) is 26.1 Å². The summed E-state index contributed by atoms with van der Waals surface area (Å²) in [5.74, 6) is 0.815. The number of urea groups is 1. The van der Waals surface area contributed by atoms with Crippen molar-refractivity contribution in [3.8, 4) is 0 Å². The molecule has 0 saturated carbocycles. The molecule has 1 N–H and O–H groups in total. The molecule has 29 heavy (non-hydrogen) atoms. The molecule has 1 saturated heterocycles. The van der Waals surface area contributed by atoms with Crippen LogP contribution in [0.2, 0.25) is 5.02 Å². The number of amides is 2. The molecule has 0 spiro atoms. The molecule has 2 heterocycles. The van der Waals surface area contributed by atoms with Crippen LogP contribution in [0.25, 0.3) is 0 Å². The van der Waals surface area contributed by atoms with Crippen molar-refractivity contribution in [2.45, 2.75) is 13.0 Å². The van der Waals surface area contributed by atoms with Gasteiger partial charge in [0.1, 0.15) is 5.82 Å². The zero-order valence-electron chi connectivity index (χ0n) is 15.9. The van der Waals surface area contributed by atoms with Crippen LogP contribution >= 0.6 is 23.1 Å². The summed E-state index contributed by atoms with van der Waals surface area (Å²) < 4.78 is 4.49. The van der Waals surface area contributed by atoms with E-state index < -0.39 is 0 Å². The third kappa shape index (κ3) is 5.25. The van der Waals surface area contributed by atoms with Gasteiger partial charge in [0.05, 0.1) is 0 Å². The number of halogens is 1. The van der Waals surface area contributed by atoms with Crippen LogP contribution < -0.4 is 10.2 Å². The third-order valence-electron chi connectivity index (χ3n) is 4.86. The molecule has 0 unspecified atom stereocenters. The maximum Gasteiger partial charge on any atom is 0.317 e. The van der Waals surface area contributed by atoms with Crippen molar-refractivity contribution >= 4 is 34.3 Å². The first-order valence-corrected chi connectivity index (χ1v) is 10.7. The highest BCUT2D eigenvalue weighted by atomic mass is 35.5. The van der Waals surface area contributed by atoms with Gasteiger partial charge < -0.3 is 15.1 Å². The molecular formula is C21H22ClN5OS. The summed E-state index contributed by atoms with van der Waals surface area (Å²) in [4.78, 5) is 21.1. The lowest BCUT2D eigenvalue weighted by Crippen LogP contribution is -2.51. The molecule has 3 aromatic rings. The number of carbonyl (C=O) groups is 1. The standard InChI is InChI=1S/C21H22ClN5OS/c22-18-8-6-16(7-9-18)14-19-24-21(29-25-19)27-12-10-26(11-13-27)20(28)23-15-17-4-2-1-3-5-17/h1-9H,10-15H2,(H,23,28). The fraction of sp³-hybridized carbons (Fsp3) is 0.286. The maximum absolute atomic E-state index is 12.4. The normalized spacial score (nSPS) is 14.1. The van der Waals surface area contributed by atoms with Crippen molar-refractivity contribution in [1.82, 2.24) is 19.6 Å². The van der Waals surface area contributed by atoms with Gasteiger partial charge in [0.15, 0.2) is 0 Å². The molecule has 2 aromatic carbocycles. The summed E-state index contributed by atoms with van der Waals surface area (Å²) in [5.41, 5.74) is 2.24. The Labute approximate surface area is 179 Å². The summed E-state index contributed by atoms with van der Waals surface area (Å²) >= 11 is 7.35. The van der Waals surface area contributed by atoms with Gasteiger partial charge in [-0.25, -0.2) is 9.78 Å². The van der Waals surface area contributed by atoms with Crippen LogP contribution in [0.5, 0.6) is 0 Å². The molecule has 0 atom stereocenters. The Bertz CT molecular complexity index is 939. The summed E-state index contributed by atoms with van der Waals surface area (Å²) in [5, 5.41) is 4.64. The van der Waals surface area contributed by atoms with Crippen molar-refractivity contribution in [2.75, 3.05) is 31.1 Å². The number of carbonyl (C=O) groups excluding carboxylic acids is 1. The number of hydrogen-bond acceptors (Lipinski definition) is 5. The number of piperazine rings is 1. The highest BCUT2D eigenvalue weighted by Gasteiger charge is 2.23. The van der Waals surface area contributed by atoms with E-state index in [0.717, 1.165) is 40.2 Å². The zero-order chi connectivity index (χ0) is 20.1. The summed E-state index contributed by atoms with van der Waals surface area (Å²) in [6.07, 6.45) is 0.690.